The fourth-order valence-corrected chi connectivity index (χ4v) is 3.23. The molecule has 3 atom stereocenters. The van der Waals surface area contributed by atoms with Gasteiger partial charge in [-0.25, -0.2) is 0 Å². The van der Waals surface area contributed by atoms with Crippen LogP contribution < -0.4 is 5.32 Å². The lowest BCUT2D eigenvalue weighted by Gasteiger charge is -2.27. The van der Waals surface area contributed by atoms with E-state index in [4.69, 9.17) is 4.74 Å². The van der Waals surface area contributed by atoms with Crippen molar-refractivity contribution in [1.82, 2.24) is 10.2 Å². The van der Waals surface area contributed by atoms with Gasteiger partial charge in [-0.05, 0) is 31.6 Å². The first-order chi connectivity index (χ1) is 9.61. The summed E-state index contributed by atoms with van der Waals surface area (Å²) >= 11 is 0. The van der Waals surface area contributed by atoms with Crippen LogP contribution >= 0.6 is 0 Å². The minimum absolute atomic E-state index is 0.0279. The van der Waals surface area contributed by atoms with Gasteiger partial charge in [0.15, 0.2) is 0 Å². The van der Waals surface area contributed by atoms with E-state index in [0.717, 1.165) is 51.7 Å². The number of unbranched alkanes of at least 4 members (excludes halogenated alkanes) is 1. The van der Waals surface area contributed by atoms with E-state index < -0.39 is 0 Å². The maximum atomic E-state index is 12.6. The Kier molecular flexibility index (Phi) is 5.85. The van der Waals surface area contributed by atoms with Gasteiger partial charge in [-0.1, -0.05) is 33.6 Å². The van der Waals surface area contributed by atoms with Crippen LogP contribution in [0.15, 0.2) is 0 Å². The third-order valence-corrected chi connectivity index (χ3v) is 4.32. The average molecular weight is 282 g/mol. The number of carbonyl (C=O) groups is 1. The second-order valence-corrected chi connectivity index (χ2v) is 6.63. The van der Waals surface area contributed by atoms with E-state index in [2.05, 4.69) is 31.0 Å². The molecular weight excluding hydrogens is 252 g/mol. The van der Waals surface area contributed by atoms with Crippen molar-refractivity contribution in [2.24, 2.45) is 5.92 Å². The average Bonchev–Trinajstić information content (AvgIpc) is 2.99. The molecule has 0 aromatic heterocycles. The fraction of sp³-hybridized carbons (Fsp3) is 0.938. The SMILES string of the molecule is CCCCC1NC(CC(C)C)N(CC2CCCO2)C1=O. The topological polar surface area (TPSA) is 41.6 Å². The fourth-order valence-electron chi connectivity index (χ4n) is 3.23. The maximum absolute atomic E-state index is 12.6. The molecule has 2 fully saturated rings. The zero-order valence-corrected chi connectivity index (χ0v) is 13.2. The van der Waals surface area contributed by atoms with Crippen molar-refractivity contribution >= 4 is 5.91 Å². The number of carbonyl (C=O) groups excluding carboxylic acids is 1. The molecule has 116 valence electrons. The van der Waals surface area contributed by atoms with Crippen LogP contribution in [0.4, 0.5) is 0 Å². The Morgan fingerprint density at radius 1 is 1.45 bits per heavy atom. The number of hydrogen-bond acceptors (Lipinski definition) is 3. The molecule has 4 heteroatoms. The molecule has 0 aromatic rings. The van der Waals surface area contributed by atoms with Gasteiger partial charge in [-0.2, -0.15) is 0 Å². The molecule has 2 aliphatic rings. The van der Waals surface area contributed by atoms with E-state index in [0.29, 0.717) is 11.8 Å². The molecule has 3 unspecified atom stereocenters. The second-order valence-electron chi connectivity index (χ2n) is 6.63. The zero-order chi connectivity index (χ0) is 14.5. The summed E-state index contributed by atoms with van der Waals surface area (Å²) in [5, 5.41) is 3.55. The van der Waals surface area contributed by atoms with Crippen molar-refractivity contribution in [3.63, 3.8) is 0 Å². The predicted molar refractivity (Wildman–Crippen MR) is 80.4 cm³/mol. The first-order valence-corrected chi connectivity index (χ1v) is 8.30. The highest BCUT2D eigenvalue weighted by Crippen LogP contribution is 2.23. The molecule has 0 radical (unpaired) electrons. The van der Waals surface area contributed by atoms with Crippen LogP contribution in [0.3, 0.4) is 0 Å². The summed E-state index contributed by atoms with van der Waals surface area (Å²) < 4.78 is 5.71. The highest BCUT2D eigenvalue weighted by atomic mass is 16.5. The lowest BCUT2D eigenvalue weighted by Crippen LogP contribution is -2.42. The molecule has 20 heavy (non-hydrogen) atoms. The molecule has 2 saturated heterocycles. The van der Waals surface area contributed by atoms with Gasteiger partial charge in [-0.3, -0.25) is 10.1 Å². The van der Waals surface area contributed by atoms with Crippen molar-refractivity contribution in [3.8, 4) is 0 Å². The minimum atomic E-state index is 0.0279. The van der Waals surface area contributed by atoms with Gasteiger partial charge in [0.05, 0.1) is 18.3 Å². The Bertz CT molecular complexity index is 314. The maximum Gasteiger partial charge on any atom is 0.241 e. The zero-order valence-electron chi connectivity index (χ0n) is 13.2. The first-order valence-electron chi connectivity index (χ1n) is 8.30. The van der Waals surface area contributed by atoms with Crippen molar-refractivity contribution < 1.29 is 9.53 Å². The van der Waals surface area contributed by atoms with Gasteiger partial charge in [0.1, 0.15) is 0 Å². The normalized spacial score (nSPS) is 30.7. The molecule has 2 rings (SSSR count). The summed E-state index contributed by atoms with van der Waals surface area (Å²) in [6, 6.07) is 0.0279. The van der Waals surface area contributed by atoms with Gasteiger partial charge in [0.25, 0.3) is 0 Å². The highest BCUT2D eigenvalue weighted by Gasteiger charge is 2.39. The van der Waals surface area contributed by atoms with E-state index in [-0.39, 0.29) is 18.3 Å². The number of hydrogen-bond donors (Lipinski definition) is 1. The number of nitrogens with one attached hydrogen (secondary N) is 1. The van der Waals surface area contributed by atoms with E-state index in [1.807, 2.05) is 0 Å². The molecule has 0 saturated carbocycles. The van der Waals surface area contributed by atoms with E-state index in [1.165, 1.54) is 0 Å². The van der Waals surface area contributed by atoms with Crippen molar-refractivity contribution in [2.45, 2.75) is 77.6 Å². The van der Waals surface area contributed by atoms with Gasteiger partial charge in [0, 0.05) is 13.2 Å². The van der Waals surface area contributed by atoms with E-state index in [1.54, 1.807) is 0 Å². The minimum Gasteiger partial charge on any atom is -0.376 e. The lowest BCUT2D eigenvalue weighted by molar-refractivity contribution is -0.131. The van der Waals surface area contributed by atoms with Crippen LogP contribution in [-0.2, 0) is 9.53 Å². The number of nitrogens with zero attached hydrogens (tertiary/aromatic N) is 1. The van der Waals surface area contributed by atoms with Crippen LogP contribution in [0.5, 0.6) is 0 Å². The van der Waals surface area contributed by atoms with Crippen LogP contribution in [-0.4, -0.2) is 42.3 Å². The molecule has 0 aromatic carbocycles. The number of rotatable bonds is 7. The van der Waals surface area contributed by atoms with E-state index >= 15 is 0 Å². The Labute approximate surface area is 123 Å². The number of amides is 1. The van der Waals surface area contributed by atoms with E-state index in [9.17, 15) is 4.79 Å². The molecule has 1 amide bonds. The third-order valence-electron chi connectivity index (χ3n) is 4.32. The van der Waals surface area contributed by atoms with Crippen LogP contribution in [0, 0.1) is 5.92 Å². The summed E-state index contributed by atoms with van der Waals surface area (Å²) in [7, 11) is 0. The molecule has 2 heterocycles. The summed E-state index contributed by atoms with van der Waals surface area (Å²) in [4.78, 5) is 14.7. The van der Waals surface area contributed by atoms with Crippen molar-refractivity contribution in [3.05, 3.63) is 0 Å². The van der Waals surface area contributed by atoms with Gasteiger partial charge < -0.3 is 9.64 Å². The smallest absolute Gasteiger partial charge is 0.241 e. The first kappa shape index (κ1) is 15.8. The molecule has 2 aliphatic heterocycles. The van der Waals surface area contributed by atoms with Crippen molar-refractivity contribution in [1.29, 1.82) is 0 Å². The third kappa shape index (κ3) is 3.95. The standard InChI is InChI=1S/C16H30N2O2/c1-4-5-8-14-16(19)18(11-13-7-6-9-20-13)15(17-14)10-12(2)3/h12-15,17H,4-11H2,1-3H3. The second kappa shape index (κ2) is 7.41. The Hall–Kier alpha value is -0.610. The van der Waals surface area contributed by atoms with Crippen molar-refractivity contribution in [2.75, 3.05) is 13.2 Å². The molecule has 0 spiro atoms. The molecule has 4 nitrogen and oxygen atoms in total. The Balaban J connectivity index is 1.97. The largest absolute Gasteiger partial charge is 0.376 e. The van der Waals surface area contributed by atoms with Crippen LogP contribution in [0.25, 0.3) is 0 Å². The summed E-state index contributed by atoms with van der Waals surface area (Å²) in [6.07, 6.45) is 6.94. The summed E-state index contributed by atoms with van der Waals surface area (Å²) in [5.74, 6) is 0.886. The van der Waals surface area contributed by atoms with Gasteiger partial charge in [0.2, 0.25) is 5.91 Å². The molecule has 1 N–H and O–H groups in total. The Morgan fingerprint density at radius 2 is 2.25 bits per heavy atom. The molecule has 0 aliphatic carbocycles. The summed E-state index contributed by atoms with van der Waals surface area (Å²) in [6.45, 7) is 8.24. The van der Waals surface area contributed by atoms with Crippen LogP contribution in [0.1, 0.15) is 59.3 Å². The Morgan fingerprint density at radius 3 is 2.85 bits per heavy atom. The van der Waals surface area contributed by atoms with Crippen LogP contribution in [0.2, 0.25) is 0 Å². The quantitative estimate of drug-likeness (QED) is 0.780. The molecular formula is C16H30N2O2. The lowest BCUT2D eigenvalue weighted by atomic mass is 10.1. The highest BCUT2D eigenvalue weighted by molar-refractivity contribution is 5.84. The predicted octanol–water partition coefficient (Wildman–Crippen LogP) is 2.53. The summed E-state index contributed by atoms with van der Waals surface area (Å²) in [5.41, 5.74) is 0. The monoisotopic (exact) mass is 282 g/mol. The molecule has 0 bridgehead atoms. The number of ether oxygens (including phenoxy) is 1. The van der Waals surface area contributed by atoms with Gasteiger partial charge >= 0.3 is 0 Å². The van der Waals surface area contributed by atoms with Gasteiger partial charge in [-0.15, -0.1) is 0 Å².